The summed E-state index contributed by atoms with van der Waals surface area (Å²) >= 11 is 0. The van der Waals surface area contributed by atoms with Crippen LogP contribution in [0.3, 0.4) is 0 Å². The van der Waals surface area contributed by atoms with Crippen LogP contribution >= 0.6 is 0 Å². The number of aromatic amines is 1. The van der Waals surface area contributed by atoms with E-state index < -0.39 is 0 Å². The molecule has 3 rings (SSSR count). The number of anilines is 1. The first-order valence-corrected chi connectivity index (χ1v) is 6.69. The van der Waals surface area contributed by atoms with Crippen LogP contribution in [-0.4, -0.2) is 12.1 Å². The summed E-state index contributed by atoms with van der Waals surface area (Å²) in [5, 5.41) is 13.5. The molecule has 3 aromatic rings. The van der Waals surface area contributed by atoms with E-state index in [0.29, 0.717) is 17.9 Å². The summed E-state index contributed by atoms with van der Waals surface area (Å²) in [6, 6.07) is 15.7. The number of benzene rings is 2. The van der Waals surface area contributed by atoms with Crippen molar-refractivity contribution in [1.82, 2.24) is 4.98 Å². The number of fused-ring (bicyclic) bond motifs is 1. The smallest absolute Gasteiger partial charge is 0.143 e. The summed E-state index contributed by atoms with van der Waals surface area (Å²) in [5.74, 6) is 0.675. The largest absolute Gasteiger partial charge is 0.495 e. The van der Waals surface area contributed by atoms with E-state index in [2.05, 4.69) is 28.5 Å². The number of hydrogen-bond donors (Lipinski definition) is 2. The molecule has 0 saturated carbocycles. The normalized spacial score (nSPS) is 10.3. The second kappa shape index (κ2) is 5.59. The fraction of sp³-hybridized carbons (Fsp3) is 0.118. The first-order valence-electron chi connectivity index (χ1n) is 6.69. The molecular weight excluding hydrogens is 262 g/mol. The van der Waals surface area contributed by atoms with Crippen molar-refractivity contribution in [2.24, 2.45) is 0 Å². The van der Waals surface area contributed by atoms with Crippen molar-refractivity contribution >= 4 is 16.6 Å². The van der Waals surface area contributed by atoms with Crippen LogP contribution in [0.2, 0.25) is 0 Å². The maximum Gasteiger partial charge on any atom is 0.143 e. The predicted octanol–water partition coefficient (Wildman–Crippen LogP) is 3.66. The predicted molar refractivity (Wildman–Crippen MR) is 83.3 cm³/mol. The number of H-pyrrole nitrogens is 1. The van der Waals surface area contributed by atoms with Crippen LogP contribution in [0.5, 0.6) is 5.75 Å². The zero-order chi connectivity index (χ0) is 14.7. The first kappa shape index (κ1) is 13.1. The third-order valence-electron chi connectivity index (χ3n) is 3.47. The lowest BCUT2D eigenvalue weighted by Gasteiger charge is -2.11. The van der Waals surface area contributed by atoms with Gasteiger partial charge in [-0.05, 0) is 23.8 Å². The highest BCUT2D eigenvalue weighted by Gasteiger charge is 2.06. The summed E-state index contributed by atoms with van der Waals surface area (Å²) in [7, 11) is 1.60. The molecule has 0 radical (unpaired) electrons. The van der Waals surface area contributed by atoms with Gasteiger partial charge in [0, 0.05) is 29.7 Å². The Labute approximate surface area is 123 Å². The van der Waals surface area contributed by atoms with Crippen molar-refractivity contribution in [3.63, 3.8) is 0 Å². The highest BCUT2D eigenvalue weighted by Crippen LogP contribution is 2.27. The Bertz CT molecular complexity index is 814. The Morgan fingerprint density at radius 2 is 2.10 bits per heavy atom. The zero-order valence-electron chi connectivity index (χ0n) is 11.7. The third-order valence-corrected chi connectivity index (χ3v) is 3.47. The minimum atomic E-state index is 0.587. The Morgan fingerprint density at radius 1 is 1.24 bits per heavy atom. The molecule has 0 aliphatic carbocycles. The summed E-state index contributed by atoms with van der Waals surface area (Å²) in [6.45, 7) is 0.687. The van der Waals surface area contributed by atoms with E-state index in [-0.39, 0.29) is 0 Å². The van der Waals surface area contributed by atoms with E-state index in [1.165, 1.54) is 10.9 Å². The average Bonchev–Trinajstić information content (AvgIpc) is 2.96. The average molecular weight is 277 g/mol. The van der Waals surface area contributed by atoms with Gasteiger partial charge >= 0.3 is 0 Å². The fourth-order valence-electron chi connectivity index (χ4n) is 2.38. The number of para-hydroxylation sites is 1. The summed E-state index contributed by atoms with van der Waals surface area (Å²) in [4.78, 5) is 3.26. The molecule has 2 N–H and O–H groups in total. The van der Waals surface area contributed by atoms with E-state index in [0.717, 1.165) is 11.2 Å². The van der Waals surface area contributed by atoms with Crippen LogP contribution in [-0.2, 0) is 6.54 Å². The van der Waals surface area contributed by atoms with Crippen LogP contribution in [0.4, 0.5) is 5.69 Å². The summed E-state index contributed by atoms with van der Waals surface area (Å²) < 4.78 is 5.32. The van der Waals surface area contributed by atoms with Gasteiger partial charge in [-0.1, -0.05) is 18.2 Å². The number of ether oxygens (including phenoxy) is 1. The van der Waals surface area contributed by atoms with Crippen molar-refractivity contribution in [1.29, 1.82) is 5.26 Å². The first-order chi connectivity index (χ1) is 10.3. The van der Waals surface area contributed by atoms with Crippen molar-refractivity contribution in [3.8, 4) is 11.8 Å². The highest BCUT2D eigenvalue weighted by atomic mass is 16.5. The van der Waals surface area contributed by atoms with Gasteiger partial charge in [0.2, 0.25) is 0 Å². The van der Waals surface area contributed by atoms with Gasteiger partial charge in [-0.15, -0.1) is 0 Å². The Morgan fingerprint density at radius 3 is 2.90 bits per heavy atom. The van der Waals surface area contributed by atoms with Gasteiger partial charge in [0.25, 0.3) is 0 Å². The maximum absolute atomic E-state index is 8.92. The molecule has 0 fully saturated rings. The molecule has 1 aromatic heterocycles. The van der Waals surface area contributed by atoms with Gasteiger partial charge in [-0.3, -0.25) is 0 Å². The number of aromatic nitrogens is 1. The SMILES string of the molecule is COc1cc(C#N)ccc1NCc1c[nH]c2ccccc12. The molecule has 0 aliphatic rings. The molecule has 0 atom stereocenters. The van der Waals surface area contributed by atoms with Gasteiger partial charge in [0.05, 0.1) is 24.4 Å². The Kier molecular flexibility index (Phi) is 3.48. The molecule has 104 valence electrons. The number of hydrogen-bond acceptors (Lipinski definition) is 3. The number of nitriles is 1. The molecule has 4 heteroatoms. The fourth-order valence-corrected chi connectivity index (χ4v) is 2.38. The molecule has 0 bridgehead atoms. The molecule has 0 saturated heterocycles. The minimum Gasteiger partial charge on any atom is -0.495 e. The van der Waals surface area contributed by atoms with E-state index >= 15 is 0 Å². The van der Waals surface area contributed by atoms with E-state index in [4.69, 9.17) is 10.00 Å². The molecular formula is C17H15N3O. The van der Waals surface area contributed by atoms with E-state index in [1.54, 1.807) is 19.2 Å². The lowest BCUT2D eigenvalue weighted by molar-refractivity contribution is 0.416. The van der Waals surface area contributed by atoms with Crippen molar-refractivity contribution < 1.29 is 4.74 Å². The summed E-state index contributed by atoms with van der Waals surface area (Å²) in [6.07, 6.45) is 2.01. The quantitative estimate of drug-likeness (QED) is 0.765. The Balaban J connectivity index is 1.83. The Hall–Kier alpha value is -2.93. The van der Waals surface area contributed by atoms with Crippen LogP contribution in [0.15, 0.2) is 48.7 Å². The molecule has 0 amide bonds. The molecule has 2 aromatic carbocycles. The lowest BCUT2D eigenvalue weighted by atomic mass is 10.1. The van der Waals surface area contributed by atoms with Gasteiger partial charge < -0.3 is 15.0 Å². The molecule has 0 unspecified atom stereocenters. The second-order valence-corrected chi connectivity index (χ2v) is 4.74. The van der Waals surface area contributed by atoms with Crippen molar-refractivity contribution in [2.45, 2.75) is 6.54 Å². The monoisotopic (exact) mass is 277 g/mol. The number of nitrogens with zero attached hydrogens (tertiary/aromatic N) is 1. The molecule has 4 nitrogen and oxygen atoms in total. The zero-order valence-corrected chi connectivity index (χ0v) is 11.7. The van der Waals surface area contributed by atoms with Gasteiger partial charge in [-0.25, -0.2) is 0 Å². The molecule has 21 heavy (non-hydrogen) atoms. The van der Waals surface area contributed by atoms with Crippen molar-refractivity contribution in [2.75, 3.05) is 12.4 Å². The molecule has 1 heterocycles. The van der Waals surface area contributed by atoms with Gasteiger partial charge in [-0.2, -0.15) is 5.26 Å². The van der Waals surface area contributed by atoms with Crippen LogP contribution in [0.1, 0.15) is 11.1 Å². The van der Waals surface area contributed by atoms with Crippen molar-refractivity contribution in [3.05, 3.63) is 59.8 Å². The van der Waals surface area contributed by atoms with E-state index in [9.17, 15) is 0 Å². The van der Waals surface area contributed by atoms with Crippen LogP contribution in [0, 0.1) is 11.3 Å². The van der Waals surface area contributed by atoms with Gasteiger partial charge in [0.15, 0.2) is 0 Å². The summed E-state index contributed by atoms with van der Waals surface area (Å²) in [5.41, 5.74) is 3.78. The molecule has 0 aliphatic heterocycles. The highest BCUT2D eigenvalue weighted by molar-refractivity contribution is 5.83. The van der Waals surface area contributed by atoms with Gasteiger partial charge in [0.1, 0.15) is 5.75 Å². The topological polar surface area (TPSA) is 60.8 Å². The number of nitrogens with one attached hydrogen (secondary N) is 2. The van der Waals surface area contributed by atoms with Crippen LogP contribution in [0.25, 0.3) is 10.9 Å². The minimum absolute atomic E-state index is 0.587. The third kappa shape index (κ3) is 2.54. The maximum atomic E-state index is 8.92. The second-order valence-electron chi connectivity index (χ2n) is 4.74. The number of rotatable bonds is 4. The van der Waals surface area contributed by atoms with Crippen LogP contribution < -0.4 is 10.1 Å². The molecule has 0 spiro atoms. The lowest BCUT2D eigenvalue weighted by Crippen LogP contribution is -2.01. The van der Waals surface area contributed by atoms with E-state index in [1.807, 2.05) is 24.4 Å². The standard InChI is InChI=1S/C17H15N3O/c1-21-17-8-12(9-18)6-7-16(17)20-11-13-10-19-15-5-3-2-4-14(13)15/h2-8,10,19-20H,11H2,1H3. The number of methoxy groups -OCH3 is 1.